The standard InChI is InChI=1S/C21H24N2O3.C6H6ClN/c1-14(2)17-5-3-4-6-20(17)26-16-7-8-18(19(11-16)21(22)25)15-9-10-23(12-15)13-24;1-5-6(7)3-2-4-8-5/h3-8,11,13-15H,9-10,12H2,1-2H3,(H2,22,25);2-4H,1H3. The first kappa shape index (κ1) is 25.2. The number of hydrogen-bond acceptors (Lipinski definition) is 4. The molecule has 7 heteroatoms. The number of carbonyl (C=O) groups excluding carboxylic acids is 2. The molecule has 1 saturated heterocycles. The van der Waals surface area contributed by atoms with Gasteiger partial charge in [0.2, 0.25) is 12.3 Å². The topological polar surface area (TPSA) is 85.5 Å². The van der Waals surface area contributed by atoms with Gasteiger partial charge in [0.1, 0.15) is 11.5 Å². The predicted molar refractivity (Wildman–Crippen MR) is 135 cm³/mol. The van der Waals surface area contributed by atoms with Crippen molar-refractivity contribution in [1.82, 2.24) is 9.88 Å². The molecule has 1 aliphatic rings. The van der Waals surface area contributed by atoms with Crippen LogP contribution in [0.25, 0.3) is 0 Å². The van der Waals surface area contributed by atoms with Crippen molar-refractivity contribution in [2.45, 2.75) is 39.0 Å². The second kappa shape index (κ2) is 11.7. The summed E-state index contributed by atoms with van der Waals surface area (Å²) in [6.45, 7) is 7.41. The van der Waals surface area contributed by atoms with E-state index in [0.29, 0.717) is 30.3 Å². The van der Waals surface area contributed by atoms with Gasteiger partial charge >= 0.3 is 0 Å². The Balaban J connectivity index is 0.000000343. The molecule has 1 unspecified atom stereocenters. The molecular formula is C27H30ClN3O3. The van der Waals surface area contributed by atoms with E-state index >= 15 is 0 Å². The summed E-state index contributed by atoms with van der Waals surface area (Å²) in [4.78, 5) is 28.6. The SMILES string of the molecule is CC(C)c1ccccc1Oc1ccc(C2CCN(C=O)C2)c(C(N)=O)c1.Cc1ncccc1Cl. The monoisotopic (exact) mass is 479 g/mol. The molecule has 0 aliphatic carbocycles. The number of amides is 2. The molecule has 2 heterocycles. The van der Waals surface area contributed by atoms with Crippen LogP contribution in [0.15, 0.2) is 60.8 Å². The Morgan fingerprint density at radius 1 is 1.21 bits per heavy atom. The maximum Gasteiger partial charge on any atom is 0.249 e. The van der Waals surface area contributed by atoms with E-state index in [-0.39, 0.29) is 5.92 Å². The smallest absolute Gasteiger partial charge is 0.249 e. The Kier molecular flexibility index (Phi) is 8.66. The van der Waals surface area contributed by atoms with Gasteiger partial charge in [-0.25, -0.2) is 0 Å². The van der Waals surface area contributed by atoms with E-state index in [1.54, 1.807) is 17.2 Å². The molecule has 1 aliphatic heterocycles. The van der Waals surface area contributed by atoms with Gasteiger partial charge < -0.3 is 15.4 Å². The molecule has 0 radical (unpaired) electrons. The molecule has 0 bridgehead atoms. The average molecular weight is 480 g/mol. The highest BCUT2D eigenvalue weighted by Gasteiger charge is 2.26. The van der Waals surface area contributed by atoms with E-state index in [9.17, 15) is 9.59 Å². The van der Waals surface area contributed by atoms with Crippen LogP contribution < -0.4 is 10.5 Å². The highest BCUT2D eigenvalue weighted by molar-refractivity contribution is 6.31. The van der Waals surface area contributed by atoms with Gasteiger partial charge in [0, 0.05) is 30.8 Å². The Hall–Kier alpha value is -3.38. The number of benzene rings is 2. The summed E-state index contributed by atoms with van der Waals surface area (Å²) in [7, 11) is 0. The van der Waals surface area contributed by atoms with Crippen LogP contribution >= 0.6 is 11.6 Å². The van der Waals surface area contributed by atoms with E-state index in [1.165, 1.54) is 0 Å². The summed E-state index contributed by atoms with van der Waals surface area (Å²) in [5.74, 6) is 1.33. The number of rotatable bonds is 6. The zero-order chi connectivity index (χ0) is 24.7. The van der Waals surface area contributed by atoms with E-state index < -0.39 is 5.91 Å². The van der Waals surface area contributed by atoms with Crippen LogP contribution in [0, 0.1) is 6.92 Å². The number of likely N-dealkylation sites (tertiary alicyclic amines) is 1. The number of nitrogens with two attached hydrogens (primary N) is 1. The van der Waals surface area contributed by atoms with Crippen molar-refractivity contribution in [2.24, 2.45) is 5.73 Å². The van der Waals surface area contributed by atoms with Crippen molar-refractivity contribution >= 4 is 23.9 Å². The molecule has 34 heavy (non-hydrogen) atoms. The number of primary amides is 1. The van der Waals surface area contributed by atoms with Gasteiger partial charge in [0.25, 0.3) is 0 Å². The predicted octanol–water partition coefficient (Wildman–Crippen LogP) is 5.69. The number of para-hydroxylation sites is 1. The normalized spacial score (nSPS) is 15.0. The molecule has 2 N–H and O–H groups in total. The number of halogens is 1. The number of aryl methyl sites for hydroxylation is 1. The number of carbonyl (C=O) groups is 2. The minimum atomic E-state index is -0.479. The molecule has 0 spiro atoms. The fourth-order valence-corrected chi connectivity index (χ4v) is 4.07. The van der Waals surface area contributed by atoms with Crippen LogP contribution in [-0.2, 0) is 4.79 Å². The van der Waals surface area contributed by atoms with Crippen LogP contribution in [-0.4, -0.2) is 35.3 Å². The molecule has 1 aromatic heterocycles. The first-order valence-corrected chi connectivity index (χ1v) is 11.6. The molecule has 1 fully saturated rings. The fourth-order valence-electron chi connectivity index (χ4n) is 3.95. The first-order valence-electron chi connectivity index (χ1n) is 11.3. The minimum absolute atomic E-state index is 0.125. The third-order valence-corrected chi connectivity index (χ3v) is 6.21. The van der Waals surface area contributed by atoms with Gasteiger partial charge in [0.05, 0.1) is 10.7 Å². The highest BCUT2D eigenvalue weighted by atomic mass is 35.5. The quantitative estimate of drug-likeness (QED) is 0.460. The molecule has 4 rings (SSSR count). The van der Waals surface area contributed by atoms with Crippen molar-refractivity contribution in [2.75, 3.05) is 13.1 Å². The van der Waals surface area contributed by atoms with Crippen LogP contribution in [0.3, 0.4) is 0 Å². The van der Waals surface area contributed by atoms with Crippen molar-refractivity contribution in [3.63, 3.8) is 0 Å². The van der Waals surface area contributed by atoms with Gasteiger partial charge in [-0.1, -0.05) is 49.7 Å². The van der Waals surface area contributed by atoms with Gasteiger partial charge in [-0.05, 0) is 60.7 Å². The Morgan fingerprint density at radius 3 is 2.56 bits per heavy atom. The largest absolute Gasteiger partial charge is 0.457 e. The molecule has 3 aromatic rings. The third-order valence-electron chi connectivity index (χ3n) is 5.81. The Bertz CT molecular complexity index is 1130. The van der Waals surface area contributed by atoms with E-state index in [0.717, 1.165) is 40.4 Å². The number of aromatic nitrogens is 1. The molecule has 178 valence electrons. The molecule has 2 amide bonds. The number of ether oxygens (including phenoxy) is 1. The zero-order valence-electron chi connectivity index (χ0n) is 19.7. The molecule has 2 aromatic carbocycles. The summed E-state index contributed by atoms with van der Waals surface area (Å²) in [5, 5.41) is 0.729. The molecular weight excluding hydrogens is 450 g/mol. The zero-order valence-corrected chi connectivity index (χ0v) is 20.5. The van der Waals surface area contributed by atoms with Crippen LogP contribution in [0.4, 0.5) is 0 Å². The maximum atomic E-state index is 12.0. The van der Waals surface area contributed by atoms with Crippen molar-refractivity contribution < 1.29 is 14.3 Å². The molecule has 6 nitrogen and oxygen atoms in total. The van der Waals surface area contributed by atoms with Crippen LogP contribution in [0.2, 0.25) is 5.02 Å². The second-order valence-corrected chi connectivity index (χ2v) is 8.97. The number of pyridine rings is 1. The van der Waals surface area contributed by atoms with Gasteiger partial charge in [-0.3, -0.25) is 14.6 Å². The lowest BCUT2D eigenvalue weighted by atomic mass is 9.93. The molecule has 0 saturated carbocycles. The minimum Gasteiger partial charge on any atom is -0.457 e. The second-order valence-electron chi connectivity index (χ2n) is 8.56. The fraction of sp³-hybridized carbons (Fsp3) is 0.296. The Morgan fingerprint density at radius 2 is 1.97 bits per heavy atom. The van der Waals surface area contributed by atoms with Gasteiger partial charge in [0.15, 0.2) is 0 Å². The lowest BCUT2D eigenvalue weighted by Gasteiger charge is -2.17. The van der Waals surface area contributed by atoms with Crippen molar-refractivity contribution in [3.05, 3.63) is 88.2 Å². The number of hydrogen-bond donors (Lipinski definition) is 1. The van der Waals surface area contributed by atoms with E-state index in [2.05, 4.69) is 18.8 Å². The van der Waals surface area contributed by atoms with Crippen LogP contribution in [0.1, 0.15) is 59.3 Å². The Labute approximate surface area is 205 Å². The lowest BCUT2D eigenvalue weighted by molar-refractivity contribution is -0.117. The number of nitrogens with zero attached hydrogens (tertiary/aromatic N) is 2. The lowest BCUT2D eigenvalue weighted by Crippen LogP contribution is -2.19. The van der Waals surface area contributed by atoms with E-state index in [1.807, 2.05) is 55.5 Å². The summed E-state index contributed by atoms with van der Waals surface area (Å²) < 4.78 is 6.05. The van der Waals surface area contributed by atoms with E-state index in [4.69, 9.17) is 22.1 Å². The highest BCUT2D eigenvalue weighted by Crippen LogP contribution is 2.34. The van der Waals surface area contributed by atoms with Gasteiger partial charge in [-0.15, -0.1) is 0 Å². The summed E-state index contributed by atoms with van der Waals surface area (Å²) in [6.07, 6.45) is 3.40. The average Bonchev–Trinajstić information content (AvgIpc) is 3.31. The van der Waals surface area contributed by atoms with Gasteiger partial charge in [-0.2, -0.15) is 0 Å². The van der Waals surface area contributed by atoms with Crippen molar-refractivity contribution in [1.29, 1.82) is 0 Å². The summed E-state index contributed by atoms with van der Waals surface area (Å²) in [5.41, 5.74) is 8.94. The summed E-state index contributed by atoms with van der Waals surface area (Å²) >= 11 is 5.65. The first-order chi connectivity index (χ1) is 16.3. The maximum absolute atomic E-state index is 12.0. The van der Waals surface area contributed by atoms with Crippen molar-refractivity contribution in [3.8, 4) is 11.5 Å². The van der Waals surface area contributed by atoms with Crippen LogP contribution in [0.5, 0.6) is 11.5 Å². The third kappa shape index (κ3) is 6.35. The summed E-state index contributed by atoms with van der Waals surface area (Å²) in [6, 6.07) is 17.0. The molecule has 1 atom stereocenters.